The molecule has 0 bridgehead atoms. The van der Waals surface area contributed by atoms with Crippen LogP contribution in [-0.4, -0.2) is 23.0 Å². The molecule has 2 heterocycles. The average Bonchev–Trinajstić information content (AvgIpc) is 2.45. The normalized spacial score (nSPS) is 12.1. The van der Waals surface area contributed by atoms with E-state index in [0.29, 0.717) is 12.1 Å². The van der Waals surface area contributed by atoms with Gasteiger partial charge < -0.3 is 10.1 Å². The average molecular weight is 241 g/mol. The topological polar surface area (TPSA) is 64.1 Å². The number of carbonyl (C=O) groups excluding carboxylic acids is 1. The number of hydrogen-bond acceptors (Lipinski definition) is 5. The van der Waals surface area contributed by atoms with Crippen molar-refractivity contribution in [2.45, 2.75) is 6.54 Å². The number of methoxy groups -OCH3 is 1. The summed E-state index contributed by atoms with van der Waals surface area (Å²) in [6.07, 6.45) is 3.33. The Morgan fingerprint density at radius 1 is 1.39 bits per heavy atom. The van der Waals surface area contributed by atoms with Crippen molar-refractivity contribution in [2.75, 3.05) is 12.4 Å². The molecule has 0 amide bonds. The minimum absolute atomic E-state index is 0.338. The third-order valence-corrected chi connectivity index (χ3v) is 2.97. The summed E-state index contributed by atoms with van der Waals surface area (Å²) < 4.78 is 4.71. The first-order chi connectivity index (χ1) is 8.79. The molecule has 1 aromatic carbocycles. The van der Waals surface area contributed by atoms with Gasteiger partial charge in [-0.1, -0.05) is 6.07 Å². The number of rotatable bonds is 1. The van der Waals surface area contributed by atoms with Crippen LogP contribution in [0.2, 0.25) is 0 Å². The molecule has 0 saturated heterocycles. The van der Waals surface area contributed by atoms with E-state index in [1.165, 1.54) is 13.4 Å². The van der Waals surface area contributed by atoms with Crippen molar-refractivity contribution in [1.29, 1.82) is 0 Å². The van der Waals surface area contributed by atoms with Crippen molar-refractivity contribution in [1.82, 2.24) is 9.97 Å². The van der Waals surface area contributed by atoms with Gasteiger partial charge in [0.1, 0.15) is 6.33 Å². The molecule has 0 radical (unpaired) electrons. The van der Waals surface area contributed by atoms with Crippen LogP contribution in [0.4, 0.5) is 5.69 Å². The second-order valence-electron chi connectivity index (χ2n) is 3.99. The lowest BCUT2D eigenvalue weighted by molar-refractivity contribution is 0.0601. The van der Waals surface area contributed by atoms with Gasteiger partial charge in [0.15, 0.2) is 0 Å². The lowest BCUT2D eigenvalue weighted by atomic mass is 9.98. The van der Waals surface area contributed by atoms with Crippen LogP contribution in [-0.2, 0) is 11.3 Å². The highest BCUT2D eigenvalue weighted by Gasteiger charge is 2.18. The van der Waals surface area contributed by atoms with Crippen molar-refractivity contribution in [3.63, 3.8) is 0 Å². The van der Waals surface area contributed by atoms with Gasteiger partial charge >= 0.3 is 5.97 Å². The zero-order valence-electron chi connectivity index (χ0n) is 9.80. The Hall–Kier alpha value is -2.43. The van der Waals surface area contributed by atoms with E-state index in [1.807, 2.05) is 6.07 Å². The van der Waals surface area contributed by atoms with Crippen LogP contribution < -0.4 is 5.32 Å². The van der Waals surface area contributed by atoms with Crippen molar-refractivity contribution in [3.05, 3.63) is 42.0 Å². The number of hydrogen-bond donors (Lipinski definition) is 1. The third kappa shape index (κ3) is 1.60. The van der Waals surface area contributed by atoms with Gasteiger partial charge in [0.05, 0.1) is 24.9 Å². The van der Waals surface area contributed by atoms with Crippen LogP contribution in [0.1, 0.15) is 16.1 Å². The number of ether oxygens (including phenoxy) is 1. The molecule has 2 aromatic rings. The summed E-state index contributed by atoms with van der Waals surface area (Å²) in [6.45, 7) is 0.634. The SMILES string of the molecule is COC(=O)c1ccc2c(c1)NCc1ncncc1-2. The van der Waals surface area contributed by atoms with E-state index in [9.17, 15) is 4.79 Å². The summed E-state index contributed by atoms with van der Waals surface area (Å²) in [5, 5.41) is 3.24. The molecule has 0 aliphatic carbocycles. The fraction of sp³-hybridized carbons (Fsp3) is 0.154. The first-order valence-electron chi connectivity index (χ1n) is 5.55. The first kappa shape index (κ1) is 10.7. The summed E-state index contributed by atoms with van der Waals surface area (Å²) in [5.74, 6) is -0.338. The van der Waals surface area contributed by atoms with Crippen LogP contribution in [0.25, 0.3) is 11.1 Å². The number of anilines is 1. The highest BCUT2D eigenvalue weighted by molar-refractivity contribution is 5.93. The van der Waals surface area contributed by atoms with Crippen molar-refractivity contribution in [3.8, 4) is 11.1 Å². The van der Waals surface area contributed by atoms with Gasteiger partial charge in [-0.3, -0.25) is 0 Å². The van der Waals surface area contributed by atoms with Crippen LogP contribution in [0.3, 0.4) is 0 Å². The van der Waals surface area contributed by atoms with E-state index in [1.54, 1.807) is 18.3 Å². The van der Waals surface area contributed by atoms with Crippen molar-refractivity contribution in [2.24, 2.45) is 0 Å². The number of aromatic nitrogens is 2. The van der Waals surface area contributed by atoms with Gasteiger partial charge in [-0.25, -0.2) is 14.8 Å². The van der Waals surface area contributed by atoms with E-state index in [2.05, 4.69) is 15.3 Å². The Balaban J connectivity index is 2.11. The van der Waals surface area contributed by atoms with Gasteiger partial charge in [-0.05, 0) is 12.1 Å². The predicted octanol–water partition coefficient (Wildman–Crippen LogP) is 1.86. The molecular formula is C13H11N3O2. The fourth-order valence-electron chi connectivity index (χ4n) is 2.07. The van der Waals surface area contributed by atoms with Gasteiger partial charge in [0.25, 0.3) is 0 Å². The van der Waals surface area contributed by atoms with Crippen LogP contribution in [0.5, 0.6) is 0 Å². The summed E-state index contributed by atoms with van der Waals surface area (Å²) in [4.78, 5) is 19.7. The molecule has 0 atom stereocenters. The van der Waals surface area contributed by atoms with Crippen LogP contribution in [0.15, 0.2) is 30.7 Å². The first-order valence-corrected chi connectivity index (χ1v) is 5.55. The second-order valence-corrected chi connectivity index (χ2v) is 3.99. The second kappa shape index (κ2) is 4.10. The molecule has 0 saturated carbocycles. The molecule has 90 valence electrons. The summed E-state index contributed by atoms with van der Waals surface area (Å²) in [6, 6.07) is 5.42. The highest BCUT2D eigenvalue weighted by Crippen LogP contribution is 2.34. The molecule has 0 spiro atoms. The maximum atomic E-state index is 11.5. The number of esters is 1. The molecule has 3 rings (SSSR count). The Morgan fingerprint density at radius 3 is 3.11 bits per heavy atom. The van der Waals surface area contributed by atoms with Crippen molar-refractivity contribution >= 4 is 11.7 Å². The maximum Gasteiger partial charge on any atom is 0.337 e. The fourth-order valence-corrected chi connectivity index (χ4v) is 2.07. The Bertz CT molecular complexity index is 625. The van der Waals surface area contributed by atoms with E-state index in [0.717, 1.165) is 22.5 Å². The predicted molar refractivity (Wildman–Crippen MR) is 66.1 cm³/mol. The quantitative estimate of drug-likeness (QED) is 0.772. The summed E-state index contributed by atoms with van der Waals surface area (Å²) in [7, 11) is 1.37. The van der Waals surface area contributed by atoms with Gasteiger partial charge in [-0.15, -0.1) is 0 Å². The van der Waals surface area contributed by atoms with Crippen LogP contribution >= 0.6 is 0 Å². The minimum Gasteiger partial charge on any atom is -0.465 e. The summed E-state index contributed by atoms with van der Waals surface area (Å²) in [5.41, 5.74) is 4.40. The van der Waals surface area contributed by atoms with E-state index in [-0.39, 0.29) is 5.97 Å². The highest BCUT2D eigenvalue weighted by atomic mass is 16.5. The zero-order valence-corrected chi connectivity index (χ0v) is 9.80. The Morgan fingerprint density at radius 2 is 2.28 bits per heavy atom. The number of nitrogens with one attached hydrogen (secondary N) is 1. The molecule has 0 fully saturated rings. The van der Waals surface area contributed by atoms with Gasteiger partial charge in [0, 0.05) is 23.0 Å². The largest absolute Gasteiger partial charge is 0.465 e. The molecule has 5 heteroatoms. The zero-order chi connectivity index (χ0) is 12.5. The monoisotopic (exact) mass is 241 g/mol. The van der Waals surface area contributed by atoms with Crippen LogP contribution in [0, 0.1) is 0 Å². The Kier molecular flexibility index (Phi) is 2.44. The molecule has 18 heavy (non-hydrogen) atoms. The minimum atomic E-state index is -0.338. The molecule has 1 aromatic heterocycles. The molecule has 1 N–H and O–H groups in total. The van der Waals surface area contributed by atoms with Gasteiger partial charge in [0.2, 0.25) is 0 Å². The third-order valence-electron chi connectivity index (χ3n) is 2.97. The molecule has 1 aliphatic heterocycles. The number of benzene rings is 1. The number of fused-ring (bicyclic) bond motifs is 3. The molecule has 5 nitrogen and oxygen atoms in total. The Labute approximate surface area is 104 Å². The van der Waals surface area contributed by atoms with E-state index >= 15 is 0 Å². The lowest BCUT2D eigenvalue weighted by Crippen LogP contribution is -2.12. The smallest absolute Gasteiger partial charge is 0.337 e. The molecular weight excluding hydrogens is 230 g/mol. The maximum absolute atomic E-state index is 11.5. The lowest BCUT2D eigenvalue weighted by Gasteiger charge is -2.20. The van der Waals surface area contributed by atoms with E-state index in [4.69, 9.17) is 4.74 Å². The van der Waals surface area contributed by atoms with Gasteiger partial charge in [-0.2, -0.15) is 0 Å². The van der Waals surface area contributed by atoms with Crippen molar-refractivity contribution < 1.29 is 9.53 Å². The number of carbonyl (C=O) groups is 1. The summed E-state index contributed by atoms with van der Waals surface area (Å²) >= 11 is 0. The molecule has 1 aliphatic rings. The van der Waals surface area contributed by atoms with E-state index < -0.39 is 0 Å². The molecule has 0 unspecified atom stereocenters. The number of nitrogens with zero attached hydrogens (tertiary/aromatic N) is 2. The standard InChI is InChI=1S/C13H11N3O2/c1-18-13(17)8-2-3-9-10-5-14-7-16-12(10)6-15-11(9)4-8/h2-5,7,15H,6H2,1H3.